The summed E-state index contributed by atoms with van der Waals surface area (Å²) in [6, 6.07) is 5.83. The van der Waals surface area contributed by atoms with E-state index in [2.05, 4.69) is 10.6 Å². The Morgan fingerprint density at radius 1 is 1.58 bits per heavy atom. The smallest absolute Gasteiger partial charge is 0.225 e. The highest BCUT2D eigenvalue weighted by Gasteiger charge is 2.17. The van der Waals surface area contributed by atoms with Crippen molar-refractivity contribution in [2.24, 2.45) is 0 Å². The number of amides is 1. The molecule has 0 spiro atoms. The standard InChI is InChI=1S/C13H17ClN2OS.ClH/c1-9-11(14)3-2-4-12(9)16-13(17)7-10-8-18-6-5-15-10;/h2-4,10,15H,5-8H2,1H3,(H,16,17);1H. The van der Waals surface area contributed by atoms with E-state index in [0.29, 0.717) is 11.4 Å². The van der Waals surface area contributed by atoms with Crippen LogP contribution in [0.1, 0.15) is 12.0 Å². The lowest BCUT2D eigenvalue weighted by atomic mass is 10.1. The second kappa shape index (κ2) is 8.00. The van der Waals surface area contributed by atoms with Crippen molar-refractivity contribution in [1.82, 2.24) is 5.32 Å². The Kier molecular flexibility index (Phi) is 7.00. The van der Waals surface area contributed by atoms with Gasteiger partial charge >= 0.3 is 0 Å². The number of carbonyl (C=O) groups is 1. The number of hydrogen-bond donors (Lipinski definition) is 2. The van der Waals surface area contributed by atoms with Gasteiger partial charge in [-0.15, -0.1) is 12.4 Å². The number of thioether (sulfide) groups is 1. The third kappa shape index (κ3) is 4.88. The van der Waals surface area contributed by atoms with E-state index in [-0.39, 0.29) is 24.4 Å². The first-order valence-corrected chi connectivity index (χ1v) is 7.56. The van der Waals surface area contributed by atoms with Crippen molar-refractivity contribution in [2.45, 2.75) is 19.4 Å². The van der Waals surface area contributed by atoms with Crippen LogP contribution >= 0.6 is 35.8 Å². The van der Waals surface area contributed by atoms with Crippen LogP contribution in [0.4, 0.5) is 5.69 Å². The van der Waals surface area contributed by atoms with Crippen molar-refractivity contribution in [3.05, 3.63) is 28.8 Å². The van der Waals surface area contributed by atoms with Crippen LogP contribution in [-0.2, 0) is 4.79 Å². The van der Waals surface area contributed by atoms with Gasteiger partial charge in [-0.25, -0.2) is 0 Å². The van der Waals surface area contributed by atoms with E-state index in [1.807, 2.05) is 36.9 Å². The molecular formula is C13H18Cl2N2OS. The quantitative estimate of drug-likeness (QED) is 0.899. The van der Waals surface area contributed by atoms with Gasteiger partial charge < -0.3 is 10.6 Å². The van der Waals surface area contributed by atoms with Gasteiger partial charge in [-0.1, -0.05) is 17.7 Å². The molecule has 1 fully saturated rings. The topological polar surface area (TPSA) is 41.1 Å². The maximum absolute atomic E-state index is 11.9. The molecule has 1 heterocycles. The molecule has 1 aliphatic rings. The van der Waals surface area contributed by atoms with E-state index >= 15 is 0 Å². The van der Waals surface area contributed by atoms with Gasteiger partial charge in [0, 0.05) is 41.2 Å². The lowest BCUT2D eigenvalue weighted by molar-refractivity contribution is -0.116. The molecule has 0 saturated carbocycles. The third-order valence-corrected chi connectivity index (χ3v) is 4.51. The van der Waals surface area contributed by atoms with Crippen LogP contribution in [0.5, 0.6) is 0 Å². The zero-order valence-electron chi connectivity index (χ0n) is 10.7. The fourth-order valence-corrected chi connectivity index (χ4v) is 3.04. The molecule has 0 radical (unpaired) electrons. The van der Waals surface area contributed by atoms with Gasteiger partial charge in [0.05, 0.1) is 0 Å². The van der Waals surface area contributed by atoms with E-state index < -0.39 is 0 Å². The largest absolute Gasteiger partial charge is 0.326 e. The van der Waals surface area contributed by atoms with Crippen molar-refractivity contribution in [2.75, 3.05) is 23.4 Å². The second-order valence-electron chi connectivity index (χ2n) is 4.39. The molecule has 2 N–H and O–H groups in total. The number of nitrogens with one attached hydrogen (secondary N) is 2. The fraction of sp³-hybridized carbons (Fsp3) is 0.462. The molecule has 1 amide bonds. The minimum absolute atomic E-state index is 0. The summed E-state index contributed by atoms with van der Waals surface area (Å²) in [6.45, 7) is 2.89. The molecule has 2 rings (SSSR count). The molecule has 1 unspecified atom stereocenters. The van der Waals surface area contributed by atoms with Gasteiger partial charge in [0.15, 0.2) is 0 Å². The van der Waals surface area contributed by atoms with Crippen LogP contribution in [0.15, 0.2) is 18.2 Å². The first-order valence-electron chi connectivity index (χ1n) is 6.03. The van der Waals surface area contributed by atoms with Crippen molar-refractivity contribution in [3.8, 4) is 0 Å². The normalized spacial score (nSPS) is 18.5. The highest BCUT2D eigenvalue weighted by molar-refractivity contribution is 7.99. The third-order valence-electron chi connectivity index (χ3n) is 2.97. The van der Waals surface area contributed by atoms with E-state index in [1.54, 1.807) is 0 Å². The Morgan fingerprint density at radius 2 is 2.37 bits per heavy atom. The Hall–Kier alpha value is -0.420. The Morgan fingerprint density at radius 3 is 3.05 bits per heavy atom. The molecule has 1 saturated heterocycles. The van der Waals surface area contributed by atoms with E-state index in [0.717, 1.165) is 29.3 Å². The van der Waals surface area contributed by atoms with Crippen molar-refractivity contribution in [1.29, 1.82) is 0 Å². The highest BCUT2D eigenvalue weighted by Crippen LogP contribution is 2.23. The van der Waals surface area contributed by atoms with Crippen LogP contribution in [-0.4, -0.2) is 30.0 Å². The second-order valence-corrected chi connectivity index (χ2v) is 5.95. The molecular weight excluding hydrogens is 303 g/mol. The Bertz CT molecular complexity index is 437. The summed E-state index contributed by atoms with van der Waals surface area (Å²) in [4.78, 5) is 11.9. The fourth-order valence-electron chi connectivity index (χ4n) is 1.92. The minimum Gasteiger partial charge on any atom is -0.326 e. The summed E-state index contributed by atoms with van der Waals surface area (Å²) in [6.07, 6.45) is 0.513. The van der Waals surface area contributed by atoms with Gasteiger partial charge in [0.2, 0.25) is 5.91 Å². The van der Waals surface area contributed by atoms with Gasteiger partial charge in [0.25, 0.3) is 0 Å². The first kappa shape index (κ1) is 16.6. The molecule has 1 aromatic rings. The van der Waals surface area contributed by atoms with E-state index in [9.17, 15) is 4.79 Å². The maximum atomic E-state index is 11.9. The molecule has 6 heteroatoms. The lowest BCUT2D eigenvalue weighted by Crippen LogP contribution is -2.39. The summed E-state index contributed by atoms with van der Waals surface area (Å²) < 4.78 is 0. The molecule has 3 nitrogen and oxygen atoms in total. The molecule has 19 heavy (non-hydrogen) atoms. The summed E-state index contributed by atoms with van der Waals surface area (Å²) >= 11 is 7.92. The minimum atomic E-state index is 0. The zero-order valence-corrected chi connectivity index (χ0v) is 13.1. The van der Waals surface area contributed by atoms with Crippen LogP contribution < -0.4 is 10.6 Å². The van der Waals surface area contributed by atoms with Gasteiger partial charge in [-0.3, -0.25) is 4.79 Å². The summed E-state index contributed by atoms with van der Waals surface area (Å²) in [7, 11) is 0. The molecule has 0 aliphatic carbocycles. The predicted octanol–water partition coefficient (Wildman–Crippen LogP) is 3.10. The molecule has 106 valence electrons. The van der Waals surface area contributed by atoms with Gasteiger partial charge in [0.1, 0.15) is 0 Å². The lowest BCUT2D eigenvalue weighted by Gasteiger charge is -2.22. The van der Waals surface area contributed by atoms with Crippen LogP contribution in [0, 0.1) is 6.92 Å². The van der Waals surface area contributed by atoms with Gasteiger partial charge in [-0.05, 0) is 24.6 Å². The number of carbonyl (C=O) groups excluding carboxylic acids is 1. The molecule has 0 bridgehead atoms. The molecule has 1 aliphatic heterocycles. The molecule has 1 atom stereocenters. The van der Waals surface area contributed by atoms with Crippen LogP contribution in [0.25, 0.3) is 0 Å². The number of benzene rings is 1. The average Bonchev–Trinajstić information content (AvgIpc) is 2.36. The molecule has 0 aromatic heterocycles. The summed E-state index contributed by atoms with van der Waals surface area (Å²) in [5, 5.41) is 6.96. The van der Waals surface area contributed by atoms with Crippen molar-refractivity contribution in [3.63, 3.8) is 0 Å². The highest BCUT2D eigenvalue weighted by atomic mass is 35.5. The summed E-state index contributed by atoms with van der Waals surface area (Å²) in [5.41, 5.74) is 1.72. The predicted molar refractivity (Wildman–Crippen MR) is 85.8 cm³/mol. The number of rotatable bonds is 3. The Labute approximate surface area is 129 Å². The first-order chi connectivity index (χ1) is 8.66. The van der Waals surface area contributed by atoms with Crippen LogP contribution in [0.3, 0.4) is 0 Å². The van der Waals surface area contributed by atoms with E-state index in [4.69, 9.17) is 11.6 Å². The summed E-state index contributed by atoms with van der Waals surface area (Å²) in [5.74, 6) is 2.17. The van der Waals surface area contributed by atoms with Crippen molar-refractivity contribution >= 4 is 47.4 Å². The van der Waals surface area contributed by atoms with Gasteiger partial charge in [-0.2, -0.15) is 11.8 Å². The number of anilines is 1. The van der Waals surface area contributed by atoms with Crippen LogP contribution in [0.2, 0.25) is 5.02 Å². The zero-order chi connectivity index (χ0) is 13.0. The number of halogens is 2. The monoisotopic (exact) mass is 320 g/mol. The SMILES string of the molecule is Cc1c(Cl)cccc1NC(=O)CC1CSCCN1.Cl. The van der Waals surface area contributed by atoms with E-state index in [1.165, 1.54) is 0 Å². The Balaban J connectivity index is 0.00000180. The van der Waals surface area contributed by atoms with Crippen molar-refractivity contribution < 1.29 is 4.79 Å². The average molecular weight is 321 g/mol. The maximum Gasteiger partial charge on any atom is 0.225 e. The molecule has 1 aromatic carbocycles. The number of hydrogen-bond acceptors (Lipinski definition) is 3.